The molecule has 0 bridgehead atoms. The number of ether oxygens (including phenoxy) is 4. The normalized spacial score (nSPS) is 18.4. The Morgan fingerprint density at radius 3 is 1.85 bits per heavy atom. The van der Waals surface area contributed by atoms with Gasteiger partial charge in [-0.3, -0.25) is 4.90 Å². The van der Waals surface area contributed by atoms with Gasteiger partial charge in [-0.15, -0.1) is 0 Å². The van der Waals surface area contributed by atoms with Crippen molar-refractivity contribution >= 4 is 0 Å². The summed E-state index contributed by atoms with van der Waals surface area (Å²) in [5, 5.41) is 0. The molecule has 1 atom stereocenters. The Morgan fingerprint density at radius 1 is 0.850 bits per heavy atom. The zero-order valence-corrected chi connectivity index (χ0v) is 13.1. The molecule has 1 heterocycles. The first kappa shape index (κ1) is 14.8. The summed E-state index contributed by atoms with van der Waals surface area (Å²) in [6.07, 6.45) is 0.899. The molecule has 2 rings (SSSR count). The summed E-state index contributed by atoms with van der Waals surface area (Å²) in [6.45, 7) is 3.13. The van der Waals surface area contributed by atoms with Crippen molar-refractivity contribution in [1.29, 1.82) is 0 Å². The summed E-state index contributed by atoms with van der Waals surface area (Å²) in [7, 11) is 8.66. The second-order valence-electron chi connectivity index (χ2n) is 4.93. The van der Waals surface area contributed by atoms with Crippen LogP contribution in [0.4, 0.5) is 0 Å². The molecule has 1 aliphatic heterocycles. The molecule has 0 spiro atoms. The van der Waals surface area contributed by atoms with Crippen molar-refractivity contribution in [3.05, 3.63) is 11.1 Å². The van der Waals surface area contributed by atoms with E-state index in [0.29, 0.717) is 11.5 Å². The third kappa shape index (κ3) is 2.06. The minimum atomic E-state index is 0.238. The van der Waals surface area contributed by atoms with Gasteiger partial charge in [0, 0.05) is 23.7 Å². The van der Waals surface area contributed by atoms with Gasteiger partial charge >= 0.3 is 0 Å². The van der Waals surface area contributed by atoms with Crippen LogP contribution >= 0.6 is 0 Å². The van der Waals surface area contributed by atoms with Gasteiger partial charge in [0.25, 0.3) is 0 Å². The molecule has 0 amide bonds. The number of rotatable bonds is 4. The quantitative estimate of drug-likeness (QED) is 0.846. The largest absolute Gasteiger partial charge is 0.492 e. The van der Waals surface area contributed by atoms with E-state index in [1.165, 1.54) is 0 Å². The average Bonchev–Trinajstić information content (AvgIpc) is 2.48. The number of methoxy groups -OCH3 is 4. The van der Waals surface area contributed by atoms with E-state index in [4.69, 9.17) is 18.9 Å². The molecule has 20 heavy (non-hydrogen) atoms. The van der Waals surface area contributed by atoms with Crippen LogP contribution in [0, 0.1) is 0 Å². The Hall–Kier alpha value is -1.62. The lowest BCUT2D eigenvalue weighted by Gasteiger charge is -2.35. The number of fused-ring (bicyclic) bond motifs is 1. The fraction of sp³-hybridized carbons (Fsp3) is 0.600. The minimum absolute atomic E-state index is 0.238. The topological polar surface area (TPSA) is 40.2 Å². The third-order valence-corrected chi connectivity index (χ3v) is 4.07. The molecule has 5 heteroatoms. The number of hydrogen-bond acceptors (Lipinski definition) is 5. The van der Waals surface area contributed by atoms with Gasteiger partial charge in [-0.2, -0.15) is 0 Å². The standard InChI is InChI=1S/C15H23NO4/c1-9-11-10(7-8-16(9)2)12(17-3)14(19-5)15(20-6)13(11)18-4/h9H,7-8H2,1-6H3. The van der Waals surface area contributed by atoms with Crippen molar-refractivity contribution in [3.8, 4) is 23.0 Å². The molecule has 0 saturated carbocycles. The zero-order valence-electron chi connectivity index (χ0n) is 13.1. The van der Waals surface area contributed by atoms with Crippen LogP contribution in [-0.4, -0.2) is 46.9 Å². The Labute approximate surface area is 120 Å². The number of nitrogens with zero attached hydrogens (tertiary/aromatic N) is 1. The Bertz CT molecular complexity index is 476. The lowest BCUT2D eigenvalue weighted by molar-refractivity contribution is 0.229. The molecule has 0 aromatic heterocycles. The Balaban J connectivity index is 2.80. The van der Waals surface area contributed by atoms with Gasteiger partial charge < -0.3 is 18.9 Å². The fourth-order valence-corrected chi connectivity index (χ4v) is 2.91. The minimum Gasteiger partial charge on any atom is -0.492 e. The molecule has 0 radical (unpaired) electrons. The van der Waals surface area contributed by atoms with E-state index in [0.717, 1.165) is 35.6 Å². The molecule has 1 unspecified atom stereocenters. The van der Waals surface area contributed by atoms with Gasteiger partial charge in [-0.05, 0) is 20.4 Å². The van der Waals surface area contributed by atoms with Gasteiger partial charge in [0.15, 0.2) is 11.5 Å². The highest BCUT2D eigenvalue weighted by atomic mass is 16.5. The van der Waals surface area contributed by atoms with Crippen LogP contribution in [0.5, 0.6) is 23.0 Å². The maximum Gasteiger partial charge on any atom is 0.207 e. The fourth-order valence-electron chi connectivity index (χ4n) is 2.91. The van der Waals surface area contributed by atoms with Crippen molar-refractivity contribution in [2.75, 3.05) is 42.0 Å². The molecule has 0 saturated heterocycles. The third-order valence-electron chi connectivity index (χ3n) is 4.07. The molecule has 0 aliphatic carbocycles. The summed E-state index contributed by atoms with van der Waals surface area (Å²) in [5.41, 5.74) is 2.27. The molecule has 0 fully saturated rings. The van der Waals surface area contributed by atoms with E-state index in [9.17, 15) is 0 Å². The van der Waals surface area contributed by atoms with Crippen molar-refractivity contribution in [2.45, 2.75) is 19.4 Å². The SMILES string of the molecule is COc1c2c(c(OC)c(OC)c1OC)C(C)N(C)CC2. The first-order valence-electron chi connectivity index (χ1n) is 6.69. The van der Waals surface area contributed by atoms with E-state index in [1.807, 2.05) is 0 Å². The molecule has 5 nitrogen and oxygen atoms in total. The molecule has 112 valence electrons. The summed E-state index contributed by atoms with van der Waals surface area (Å²) in [6, 6.07) is 0.238. The van der Waals surface area contributed by atoms with Crippen LogP contribution in [0.2, 0.25) is 0 Å². The van der Waals surface area contributed by atoms with Gasteiger partial charge in [0.2, 0.25) is 11.5 Å². The first-order chi connectivity index (χ1) is 9.60. The molecular formula is C15H23NO4. The predicted molar refractivity (Wildman–Crippen MR) is 77.4 cm³/mol. The van der Waals surface area contributed by atoms with E-state index in [2.05, 4.69) is 18.9 Å². The molecule has 1 aliphatic rings. The zero-order chi connectivity index (χ0) is 14.9. The summed E-state index contributed by atoms with van der Waals surface area (Å²) >= 11 is 0. The van der Waals surface area contributed by atoms with Crippen LogP contribution in [-0.2, 0) is 6.42 Å². The molecular weight excluding hydrogens is 258 g/mol. The predicted octanol–water partition coefficient (Wildman–Crippen LogP) is 2.27. The highest BCUT2D eigenvalue weighted by Crippen LogP contribution is 2.53. The Morgan fingerprint density at radius 2 is 1.35 bits per heavy atom. The lowest BCUT2D eigenvalue weighted by Crippen LogP contribution is -2.31. The smallest absolute Gasteiger partial charge is 0.207 e. The summed E-state index contributed by atoms with van der Waals surface area (Å²) in [5.74, 6) is 2.68. The van der Waals surface area contributed by atoms with E-state index < -0.39 is 0 Å². The monoisotopic (exact) mass is 281 g/mol. The summed E-state index contributed by atoms with van der Waals surface area (Å²) in [4.78, 5) is 2.29. The van der Waals surface area contributed by atoms with Gasteiger partial charge in [0.1, 0.15) is 0 Å². The number of likely N-dealkylation sites (N-methyl/N-ethyl adjacent to an activating group) is 1. The molecule has 0 N–H and O–H groups in total. The Kier molecular flexibility index (Phi) is 4.28. The summed E-state index contributed by atoms with van der Waals surface area (Å²) < 4.78 is 22.2. The van der Waals surface area contributed by atoms with Crippen molar-refractivity contribution in [1.82, 2.24) is 4.90 Å². The van der Waals surface area contributed by atoms with Crippen LogP contribution in [0.15, 0.2) is 0 Å². The second-order valence-corrected chi connectivity index (χ2v) is 4.93. The maximum atomic E-state index is 5.61. The van der Waals surface area contributed by atoms with Crippen LogP contribution in [0.25, 0.3) is 0 Å². The number of benzene rings is 1. The van der Waals surface area contributed by atoms with Crippen molar-refractivity contribution in [2.24, 2.45) is 0 Å². The van der Waals surface area contributed by atoms with E-state index in [-0.39, 0.29) is 6.04 Å². The second kappa shape index (κ2) is 5.79. The highest BCUT2D eigenvalue weighted by molar-refractivity contribution is 5.68. The highest BCUT2D eigenvalue weighted by Gasteiger charge is 2.33. The average molecular weight is 281 g/mol. The molecule has 1 aromatic rings. The van der Waals surface area contributed by atoms with Gasteiger partial charge in [-0.25, -0.2) is 0 Å². The first-order valence-corrected chi connectivity index (χ1v) is 6.69. The maximum absolute atomic E-state index is 5.61. The van der Waals surface area contributed by atoms with Crippen LogP contribution in [0.3, 0.4) is 0 Å². The van der Waals surface area contributed by atoms with Crippen molar-refractivity contribution < 1.29 is 18.9 Å². The van der Waals surface area contributed by atoms with Crippen LogP contribution < -0.4 is 18.9 Å². The van der Waals surface area contributed by atoms with Crippen LogP contribution in [0.1, 0.15) is 24.1 Å². The number of hydrogen-bond donors (Lipinski definition) is 0. The van der Waals surface area contributed by atoms with Crippen molar-refractivity contribution in [3.63, 3.8) is 0 Å². The van der Waals surface area contributed by atoms with Gasteiger partial charge in [0.05, 0.1) is 28.4 Å². The van der Waals surface area contributed by atoms with E-state index >= 15 is 0 Å². The molecule has 1 aromatic carbocycles. The lowest BCUT2D eigenvalue weighted by atomic mass is 9.91. The van der Waals surface area contributed by atoms with Gasteiger partial charge in [-0.1, -0.05) is 0 Å². The van der Waals surface area contributed by atoms with E-state index in [1.54, 1.807) is 28.4 Å².